The first kappa shape index (κ1) is 22.6. The van der Waals surface area contributed by atoms with Gasteiger partial charge in [-0.3, -0.25) is 14.6 Å². The number of ketones is 1. The third-order valence-corrected chi connectivity index (χ3v) is 4.57. The van der Waals surface area contributed by atoms with E-state index in [1.54, 1.807) is 34.9 Å². The second-order valence-corrected chi connectivity index (χ2v) is 8.13. The van der Waals surface area contributed by atoms with Crippen molar-refractivity contribution in [2.24, 2.45) is 5.41 Å². The number of hydrogen-bond donors (Lipinski definition) is 1. The number of rotatable bonds is 5. The van der Waals surface area contributed by atoms with Crippen molar-refractivity contribution in [3.8, 4) is 0 Å². The summed E-state index contributed by atoms with van der Waals surface area (Å²) in [7, 11) is 3.30. The van der Waals surface area contributed by atoms with Crippen molar-refractivity contribution in [3.63, 3.8) is 0 Å². The van der Waals surface area contributed by atoms with Crippen LogP contribution in [0.15, 0.2) is 29.1 Å². The minimum atomic E-state index is -4.80. The molecule has 0 amide bonds. The van der Waals surface area contributed by atoms with Gasteiger partial charge in [-0.05, 0) is 29.0 Å². The predicted molar refractivity (Wildman–Crippen MR) is 102 cm³/mol. The maximum atomic E-state index is 14.1. The molecule has 0 aliphatic heterocycles. The Morgan fingerprint density at radius 2 is 1.79 bits per heavy atom. The van der Waals surface area contributed by atoms with Crippen LogP contribution in [0, 0.1) is 11.2 Å². The van der Waals surface area contributed by atoms with Crippen LogP contribution in [0.5, 0.6) is 0 Å². The Bertz CT molecular complexity index is 959. The molecular formula is C20H23F4N3O2. The molecule has 1 atom stereocenters. The van der Waals surface area contributed by atoms with Crippen molar-refractivity contribution in [2.75, 3.05) is 19.0 Å². The van der Waals surface area contributed by atoms with E-state index in [-0.39, 0.29) is 23.6 Å². The summed E-state index contributed by atoms with van der Waals surface area (Å²) in [6.45, 7) is 5.41. The zero-order chi connectivity index (χ0) is 22.1. The van der Waals surface area contributed by atoms with Gasteiger partial charge >= 0.3 is 6.18 Å². The van der Waals surface area contributed by atoms with E-state index in [1.165, 1.54) is 11.0 Å². The number of aromatic amines is 1. The number of carbonyl (C=O) groups excluding carboxylic acids is 1. The van der Waals surface area contributed by atoms with Crippen LogP contribution in [-0.2, 0) is 6.18 Å². The van der Waals surface area contributed by atoms with Crippen LogP contribution in [0.25, 0.3) is 0 Å². The Labute approximate surface area is 165 Å². The highest BCUT2D eigenvalue weighted by atomic mass is 19.4. The quantitative estimate of drug-likeness (QED) is 0.583. The molecule has 0 saturated carbocycles. The van der Waals surface area contributed by atoms with E-state index in [1.807, 2.05) is 0 Å². The molecule has 1 heterocycles. The average molecular weight is 413 g/mol. The number of hydrogen-bond acceptors (Lipinski definition) is 4. The van der Waals surface area contributed by atoms with Gasteiger partial charge in [-0.25, -0.2) is 9.37 Å². The fourth-order valence-electron chi connectivity index (χ4n) is 2.99. The van der Waals surface area contributed by atoms with Gasteiger partial charge in [0.05, 0.1) is 5.56 Å². The molecule has 0 spiro atoms. The zero-order valence-corrected chi connectivity index (χ0v) is 16.8. The van der Waals surface area contributed by atoms with Crippen molar-refractivity contribution >= 4 is 11.7 Å². The van der Waals surface area contributed by atoms with E-state index in [0.717, 1.165) is 12.1 Å². The van der Waals surface area contributed by atoms with Crippen molar-refractivity contribution in [3.05, 3.63) is 57.3 Å². The maximum Gasteiger partial charge on any atom is 0.419 e. The van der Waals surface area contributed by atoms with Gasteiger partial charge in [-0.1, -0.05) is 26.8 Å². The summed E-state index contributed by atoms with van der Waals surface area (Å²) in [5.41, 5.74) is -2.20. The summed E-state index contributed by atoms with van der Waals surface area (Å²) in [6.07, 6.45) is -4.94. The highest BCUT2D eigenvalue weighted by molar-refractivity contribution is 5.95. The van der Waals surface area contributed by atoms with Crippen LogP contribution in [0.3, 0.4) is 0 Å². The number of alkyl halides is 3. The van der Waals surface area contributed by atoms with Gasteiger partial charge in [0, 0.05) is 26.6 Å². The minimum absolute atomic E-state index is 0.0564. The summed E-state index contributed by atoms with van der Waals surface area (Å²) in [5.74, 6) is -2.23. The van der Waals surface area contributed by atoms with Crippen molar-refractivity contribution in [1.82, 2.24) is 9.97 Å². The molecule has 5 nitrogen and oxygen atoms in total. The Kier molecular flexibility index (Phi) is 6.20. The van der Waals surface area contributed by atoms with E-state index in [0.29, 0.717) is 6.07 Å². The van der Waals surface area contributed by atoms with Crippen molar-refractivity contribution in [2.45, 2.75) is 39.3 Å². The lowest BCUT2D eigenvalue weighted by Crippen LogP contribution is -2.25. The van der Waals surface area contributed by atoms with Gasteiger partial charge in [0.15, 0.2) is 5.78 Å². The summed E-state index contributed by atoms with van der Waals surface area (Å²) in [6, 6.07) is 3.76. The number of anilines is 1. The van der Waals surface area contributed by atoms with Gasteiger partial charge in [0.25, 0.3) is 5.56 Å². The molecule has 0 unspecified atom stereocenters. The molecule has 0 aliphatic rings. The molecule has 0 bridgehead atoms. The standard InChI is InChI=1S/C20H23F4N3O2/c1-19(2,3)13(11-6-7-12(14(21)8-11)20(22,23)24)9-16(28)15-10-17(29)26-18(25-15)27(4)5/h6-8,10,13H,9H2,1-5H3,(H,25,26,29)/t13-/m0/s1. The summed E-state index contributed by atoms with van der Waals surface area (Å²) in [4.78, 5) is 32.8. The molecule has 1 aromatic heterocycles. The number of benzene rings is 1. The van der Waals surface area contributed by atoms with Crippen LogP contribution in [-0.4, -0.2) is 29.8 Å². The molecule has 2 aromatic rings. The molecule has 0 fully saturated rings. The Morgan fingerprint density at radius 3 is 2.28 bits per heavy atom. The third kappa shape index (κ3) is 5.42. The summed E-state index contributed by atoms with van der Waals surface area (Å²) < 4.78 is 52.6. The SMILES string of the molecule is CN(C)c1nc(C(=O)C[C@@H](c2ccc(C(F)(F)F)c(F)c2)C(C)(C)C)cc(=O)[nH]1. The first-order valence-electron chi connectivity index (χ1n) is 8.88. The number of halogens is 4. The van der Waals surface area contributed by atoms with Crippen LogP contribution in [0.2, 0.25) is 0 Å². The number of nitrogens with zero attached hydrogens (tertiary/aromatic N) is 2. The highest BCUT2D eigenvalue weighted by Gasteiger charge is 2.36. The lowest BCUT2D eigenvalue weighted by molar-refractivity contribution is -0.140. The second-order valence-electron chi connectivity index (χ2n) is 8.13. The normalized spacial score (nSPS) is 13.3. The van der Waals surface area contributed by atoms with Crippen LogP contribution >= 0.6 is 0 Å². The Balaban J connectivity index is 2.42. The van der Waals surface area contributed by atoms with E-state index in [2.05, 4.69) is 9.97 Å². The number of aromatic nitrogens is 2. The molecule has 0 saturated heterocycles. The zero-order valence-electron chi connectivity index (χ0n) is 16.8. The lowest BCUT2D eigenvalue weighted by Gasteiger charge is -2.31. The molecular weight excluding hydrogens is 390 g/mol. The van der Waals surface area contributed by atoms with Gasteiger partial charge in [0.1, 0.15) is 11.5 Å². The van der Waals surface area contributed by atoms with E-state index in [9.17, 15) is 27.2 Å². The smallest absolute Gasteiger partial charge is 0.348 e. The molecule has 1 N–H and O–H groups in total. The maximum absolute atomic E-state index is 14.1. The summed E-state index contributed by atoms with van der Waals surface area (Å²) in [5, 5.41) is 0. The van der Waals surface area contributed by atoms with Crippen molar-refractivity contribution in [1.29, 1.82) is 0 Å². The highest BCUT2D eigenvalue weighted by Crippen LogP contribution is 2.40. The molecule has 0 radical (unpaired) electrons. The van der Waals surface area contributed by atoms with E-state index < -0.39 is 40.2 Å². The van der Waals surface area contributed by atoms with E-state index in [4.69, 9.17) is 0 Å². The second kappa shape index (κ2) is 7.96. The number of H-pyrrole nitrogens is 1. The largest absolute Gasteiger partial charge is 0.419 e. The van der Waals surface area contributed by atoms with Gasteiger partial charge in [-0.15, -0.1) is 0 Å². The van der Waals surface area contributed by atoms with Gasteiger partial charge < -0.3 is 4.90 Å². The number of carbonyl (C=O) groups is 1. The molecule has 29 heavy (non-hydrogen) atoms. The van der Waals surface area contributed by atoms with Gasteiger partial charge in [0.2, 0.25) is 5.95 Å². The predicted octanol–water partition coefficient (Wildman–Crippen LogP) is 4.40. The van der Waals surface area contributed by atoms with E-state index >= 15 is 0 Å². The first-order chi connectivity index (χ1) is 13.2. The third-order valence-electron chi connectivity index (χ3n) is 4.57. The molecule has 9 heteroatoms. The first-order valence-corrected chi connectivity index (χ1v) is 8.88. The monoisotopic (exact) mass is 413 g/mol. The van der Waals surface area contributed by atoms with Crippen LogP contribution in [0.4, 0.5) is 23.5 Å². The fraction of sp³-hybridized carbons (Fsp3) is 0.450. The molecule has 2 rings (SSSR count). The topological polar surface area (TPSA) is 66.1 Å². The molecule has 0 aliphatic carbocycles. The summed E-state index contributed by atoms with van der Waals surface area (Å²) >= 11 is 0. The minimum Gasteiger partial charge on any atom is -0.348 e. The van der Waals surface area contributed by atoms with Crippen molar-refractivity contribution < 1.29 is 22.4 Å². The lowest BCUT2D eigenvalue weighted by atomic mass is 9.73. The van der Waals surface area contributed by atoms with Crippen LogP contribution < -0.4 is 10.5 Å². The Hall–Kier alpha value is -2.71. The molecule has 1 aromatic carbocycles. The average Bonchev–Trinajstić information content (AvgIpc) is 2.56. The van der Waals surface area contributed by atoms with Crippen LogP contribution in [0.1, 0.15) is 54.7 Å². The fourth-order valence-corrected chi connectivity index (χ4v) is 2.99. The number of nitrogens with one attached hydrogen (secondary N) is 1. The Morgan fingerprint density at radius 1 is 1.17 bits per heavy atom. The number of Topliss-reactive ketones (excluding diaryl/α,β-unsaturated/α-hetero) is 1. The molecule has 158 valence electrons. The van der Waals surface area contributed by atoms with Gasteiger partial charge in [-0.2, -0.15) is 13.2 Å².